The van der Waals surface area contributed by atoms with Gasteiger partial charge in [0.1, 0.15) is 22.0 Å². The molecule has 0 aromatic heterocycles. The van der Waals surface area contributed by atoms with Gasteiger partial charge >= 0.3 is 0 Å². The topological polar surface area (TPSA) is 182 Å². The minimum Gasteiger partial charge on any atom is -0.508 e. The van der Waals surface area contributed by atoms with Crippen LogP contribution >= 0.6 is 23.5 Å². The van der Waals surface area contributed by atoms with Gasteiger partial charge < -0.3 is 31.5 Å². The van der Waals surface area contributed by atoms with Crippen molar-refractivity contribution in [1.29, 1.82) is 0 Å². The number of nitrogens with zero attached hydrogens (tertiary/aromatic N) is 2. The van der Waals surface area contributed by atoms with Gasteiger partial charge in [0.25, 0.3) is 0 Å². The number of aryl methyl sites for hydroxylation is 1. The monoisotopic (exact) mass is 696 g/mol. The van der Waals surface area contributed by atoms with Crippen molar-refractivity contribution in [3.05, 3.63) is 109 Å². The third kappa shape index (κ3) is 10.7. The summed E-state index contributed by atoms with van der Waals surface area (Å²) >= 11 is 2.45. The van der Waals surface area contributed by atoms with Crippen molar-refractivity contribution in [2.24, 2.45) is 9.98 Å². The molecular weight excluding hydrogens is 665 g/mol. The molecule has 0 aliphatic carbocycles. The van der Waals surface area contributed by atoms with Crippen molar-refractivity contribution in [1.82, 2.24) is 10.6 Å². The van der Waals surface area contributed by atoms with Crippen LogP contribution in [0.3, 0.4) is 0 Å². The van der Waals surface area contributed by atoms with Crippen molar-refractivity contribution in [2.45, 2.75) is 30.3 Å². The molecule has 0 bridgehead atoms. The van der Waals surface area contributed by atoms with Crippen LogP contribution < -0.4 is 21.3 Å². The highest BCUT2D eigenvalue weighted by atomic mass is 32.2. The molecule has 2 atom stereocenters. The van der Waals surface area contributed by atoms with Crippen molar-refractivity contribution in [3.63, 3.8) is 0 Å². The largest absolute Gasteiger partial charge is 0.508 e. The van der Waals surface area contributed by atoms with Gasteiger partial charge in [-0.05, 0) is 79.7 Å². The number of para-hydroxylation sites is 1. The highest BCUT2D eigenvalue weighted by molar-refractivity contribution is 8.16. The Kier molecular flexibility index (Phi) is 11.7. The number of aromatic hydroxyl groups is 2. The number of aliphatic imine (C=N–C) groups is 2. The minimum atomic E-state index is -0.513. The lowest BCUT2D eigenvalue weighted by molar-refractivity contribution is -0.122. The zero-order valence-corrected chi connectivity index (χ0v) is 27.8. The summed E-state index contributed by atoms with van der Waals surface area (Å²) in [6.45, 7) is 1.97. The van der Waals surface area contributed by atoms with Crippen LogP contribution in [0.4, 0.5) is 22.7 Å². The number of phenolic OH excluding ortho intramolecular Hbond substituents is 2. The summed E-state index contributed by atoms with van der Waals surface area (Å²) in [6, 6.07) is 29.2. The van der Waals surface area contributed by atoms with E-state index in [-0.39, 0.29) is 48.0 Å². The predicted octanol–water partition coefficient (Wildman–Crippen LogP) is 5.59. The van der Waals surface area contributed by atoms with Crippen molar-refractivity contribution in [2.75, 3.05) is 10.6 Å². The van der Waals surface area contributed by atoms with Crippen LogP contribution in [0.1, 0.15) is 18.4 Å². The van der Waals surface area contributed by atoms with Crippen LogP contribution in [0.25, 0.3) is 0 Å². The molecule has 49 heavy (non-hydrogen) atoms. The maximum Gasteiger partial charge on any atom is 0.240 e. The number of rotatable bonds is 8. The fourth-order valence-corrected chi connectivity index (χ4v) is 6.37. The van der Waals surface area contributed by atoms with Gasteiger partial charge in [0, 0.05) is 24.2 Å². The smallest absolute Gasteiger partial charge is 0.240 e. The van der Waals surface area contributed by atoms with Gasteiger partial charge in [0.15, 0.2) is 10.3 Å². The number of thioether (sulfide) groups is 2. The predicted molar refractivity (Wildman–Crippen MR) is 194 cm³/mol. The second-order valence-electron chi connectivity index (χ2n) is 10.8. The Bertz CT molecular complexity index is 1870. The third-order valence-electron chi connectivity index (χ3n) is 6.85. The Morgan fingerprint density at radius 3 is 1.47 bits per heavy atom. The van der Waals surface area contributed by atoms with E-state index in [1.54, 1.807) is 36.4 Å². The summed E-state index contributed by atoms with van der Waals surface area (Å²) in [6.07, 6.45) is 0.138. The third-order valence-corrected chi connectivity index (χ3v) is 9.01. The Hall–Kier alpha value is -5.60. The second-order valence-corrected chi connectivity index (χ2v) is 13.2. The summed E-state index contributed by atoms with van der Waals surface area (Å²) in [5, 5.41) is 29.3. The highest BCUT2D eigenvalue weighted by Gasteiger charge is 2.33. The van der Waals surface area contributed by atoms with Crippen LogP contribution in [-0.4, -0.2) is 54.7 Å². The van der Waals surface area contributed by atoms with Gasteiger partial charge in [-0.1, -0.05) is 59.4 Å². The minimum absolute atomic E-state index is 0.0684. The first-order valence-corrected chi connectivity index (χ1v) is 16.8. The molecule has 6 rings (SSSR count). The summed E-state index contributed by atoms with van der Waals surface area (Å²) in [5.41, 5.74) is 3.75. The SMILES string of the molecule is Cc1ccc(NC(=O)CC2SC(=Nc3ccc(O)cc3)NC2=O)cc1.O=C(CC1SC(=Nc2ccc(O)cc2)NC1=O)Nc1ccccc1. The number of amidine groups is 2. The quantitative estimate of drug-likeness (QED) is 0.138. The van der Waals surface area contributed by atoms with E-state index in [1.807, 2.05) is 49.4 Å². The van der Waals surface area contributed by atoms with E-state index in [1.165, 1.54) is 47.8 Å². The number of nitrogens with one attached hydrogen (secondary N) is 4. The Labute approximate surface area is 290 Å². The zero-order chi connectivity index (χ0) is 34.8. The molecule has 4 aromatic rings. The number of hydrogen-bond donors (Lipinski definition) is 6. The molecule has 12 nitrogen and oxygen atoms in total. The average molecular weight is 697 g/mol. The highest BCUT2D eigenvalue weighted by Crippen LogP contribution is 2.28. The molecule has 2 aliphatic rings. The number of benzene rings is 4. The van der Waals surface area contributed by atoms with E-state index in [9.17, 15) is 29.4 Å². The van der Waals surface area contributed by atoms with Crippen molar-refractivity contribution in [3.8, 4) is 11.5 Å². The molecule has 0 saturated carbocycles. The van der Waals surface area contributed by atoms with Crippen LogP contribution in [0.15, 0.2) is 113 Å². The molecule has 4 aromatic carbocycles. The van der Waals surface area contributed by atoms with Crippen LogP contribution in [0.2, 0.25) is 0 Å². The van der Waals surface area contributed by atoms with Gasteiger partial charge in [0.2, 0.25) is 23.6 Å². The zero-order valence-electron chi connectivity index (χ0n) is 26.1. The van der Waals surface area contributed by atoms with Crippen LogP contribution in [0.5, 0.6) is 11.5 Å². The fraction of sp³-hybridized carbons (Fsp3) is 0.143. The second kappa shape index (κ2) is 16.5. The maximum atomic E-state index is 12.1. The van der Waals surface area contributed by atoms with Gasteiger partial charge in [-0.2, -0.15) is 0 Å². The summed E-state index contributed by atoms with van der Waals surface area (Å²) in [4.78, 5) is 56.8. The average Bonchev–Trinajstić information content (AvgIpc) is 3.60. The molecule has 2 unspecified atom stereocenters. The van der Waals surface area contributed by atoms with Gasteiger partial charge in [-0.3, -0.25) is 19.2 Å². The number of carbonyl (C=O) groups excluding carboxylic acids is 4. The molecule has 6 N–H and O–H groups in total. The molecule has 0 spiro atoms. The molecule has 2 heterocycles. The lowest BCUT2D eigenvalue weighted by atomic mass is 10.2. The molecule has 14 heteroatoms. The van der Waals surface area contributed by atoms with Gasteiger partial charge in [0.05, 0.1) is 11.4 Å². The van der Waals surface area contributed by atoms with E-state index in [2.05, 4.69) is 31.3 Å². The number of carbonyl (C=O) groups is 4. The van der Waals surface area contributed by atoms with Crippen molar-refractivity contribution >= 4 is 80.2 Å². The first kappa shape index (κ1) is 34.7. The maximum absolute atomic E-state index is 12.1. The van der Waals surface area contributed by atoms with E-state index >= 15 is 0 Å². The van der Waals surface area contributed by atoms with E-state index in [0.29, 0.717) is 33.1 Å². The normalized spacial score (nSPS) is 18.3. The fourth-order valence-electron chi connectivity index (χ4n) is 4.39. The van der Waals surface area contributed by atoms with Gasteiger partial charge in [-0.25, -0.2) is 9.98 Å². The lowest BCUT2D eigenvalue weighted by Crippen LogP contribution is -2.28. The molecule has 4 amide bonds. The van der Waals surface area contributed by atoms with Gasteiger partial charge in [-0.15, -0.1) is 0 Å². The Morgan fingerprint density at radius 1 is 0.633 bits per heavy atom. The van der Waals surface area contributed by atoms with E-state index in [4.69, 9.17) is 0 Å². The molecule has 2 aliphatic heterocycles. The first-order valence-electron chi connectivity index (χ1n) is 15.0. The summed E-state index contributed by atoms with van der Waals surface area (Å²) < 4.78 is 0. The molecule has 2 saturated heterocycles. The number of phenols is 2. The number of amides is 4. The standard InChI is InChI=1S/C18H17N3O3S.C17H15N3O3S/c1-11-2-4-12(5-3-11)19-16(23)10-15-17(24)21-18(25-15)20-13-6-8-14(22)9-7-13;21-13-8-6-12(7-9-13)19-17-20-16(23)14(24-17)10-15(22)18-11-4-2-1-3-5-11/h2-9,15,22H,10H2,1H3,(H,19,23)(H,20,21,24);1-9,14,21H,10H2,(H,18,22)(H,19,20,23). The lowest BCUT2D eigenvalue weighted by Gasteiger charge is -2.07. The first-order chi connectivity index (χ1) is 23.6. The van der Waals surface area contributed by atoms with E-state index in [0.717, 1.165) is 5.56 Å². The summed E-state index contributed by atoms with van der Waals surface area (Å²) in [5.74, 6) is -0.611. The summed E-state index contributed by atoms with van der Waals surface area (Å²) in [7, 11) is 0. The van der Waals surface area contributed by atoms with Crippen LogP contribution in [-0.2, 0) is 19.2 Å². The molecule has 2 fully saturated rings. The Morgan fingerprint density at radius 2 is 1.04 bits per heavy atom. The van der Waals surface area contributed by atoms with Crippen LogP contribution in [0, 0.1) is 6.92 Å². The number of anilines is 2. The molecule has 0 radical (unpaired) electrons. The molecule has 250 valence electrons. The molecular formula is C35H32N6O6S2. The van der Waals surface area contributed by atoms with E-state index < -0.39 is 10.5 Å². The van der Waals surface area contributed by atoms with Crippen molar-refractivity contribution < 1.29 is 29.4 Å². The number of hydrogen-bond acceptors (Lipinski definition) is 10. The Balaban J connectivity index is 0.000000191.